The molecule has 0 N–H and O–H groups in total. The molecule has 0 aliphatic carbocycles. The summed E-state index contributed by atoms with van der Waals surface area (Å²) in [6.07, 6.45) is 2.45. The van der Waals surface area contributed by atoms with Crippen molar-refractivity contribution in [2.24, 2.45) is 0 Å². The van der Waals surface area contributed by atoms with E-state index in [1.54, 1.807) is 24.0 Å². The molecule has 0 unspecified atom stereocenters. The molecule has 2 aliphatic rings. The topological polar surface area (TPSA) is 96.2 Å². The quantitative estimate of drug-likeness (QED) is 0.551. The van der Waals surface area contributed by atoms with E-state index in [4.69, 9.17) is 4.74 Å². The molecule has 0 atom stereocenters. The van der Waals surface area contributed by atoms with Crippen LogP contribution in [0, 0.1) is 17.0 Å². The van der Waals surface area contributed by atoms with Crippen molar-refractivity contribution in [2.45, 2.75) is 39.2 Å². The second-order valence-electron chi connectivity index (χ2n) is 7.86. The number of likely N-dealkylation sites (tertiary alicyclic amines) is 1. The van der Waals surface area contributed by atoms with Crippen molar-refractivity contribution in [3.05, 3.63) is 39.4 Å². The Kier molecular flexibility index (Phi) is 7.25. The first-order valence-corrected chi connectivity index (χ1v) is 10.6. The zero-order chi connectivity index (χ0) is 21.7. The van der Waals surface area contributed by atoms with E-state index in [1.165, 1.54) is 6.07 Å². The second-order valence-corrected chi connectivity index (χ2v) is 7.86. The predicted molar refractivity (Wildman–Crippen MR) is 112 cm³/mol. The number of ether oxygens (including phenoxy) is 1. The van der Waals surface area contributed by atoms with Crippen LogP contribution >= 0.6 is 0 Å². The molecule has 2 heterocycles. The lowest BCUT2D eigenvalue weighted by Crippen LogP contribution is -2.47. The Bertz CT molecular complexity index is 792. The normalized spacial score (nSPS) is 18.7. The van der Waals surface area contributed by atoms with Crippen molar-refractivity contribution in [3.63, 3.8) is 0 Å². The molecule has 3 rings (SSSR count). The van der Waals surface area contributed by atoms with E-state index in [1.807, 2.05) is 11.8 Å². The van der Waals surface area contributed by atoms with Crippen LogP contribution in [0.5, 0.6) is 0 Å². The SMILES string of the molecule is CCOC(=O)N1CCCN(C2CCN(C(=O)c3ccc([N+](=O)[O-])c(C)c3)CC2)CC1. The van der Waals surface area contributed by atoms with E-state index in [9.17, 15) is 19.7 Å². The number of amides is 2. The summed E-state index contributed by atoms with van der Waals surface area (Å²) in [4.78, 5) is 41.4. The molecule has 0 saturated carbocycles. The first-order chi connectivity index (χ1) is 14.4. The maximum atomic E-state index is 12.8. The zero-order valence-electron chi connectivity index (χ0n) is 17.7. The van der Waals surface area contributed by atoms with Crippen LogP contribution in [0.1, 0.15) is 42.1 Å². The molecular formula is C21H30N4O5. The fraction of sp³-hybridized carbons (Fsp3) is 0.619. The summed E-state index contributed by atoms with van der Waals surface area (Å²) in [6, 6.07) is 4.95. The number of rotatable bonds is 4. The Morgan fingerprint density at radius 1 is 1.10 bits per heavy atom. The number of nitro benzene ring substituents is 1. The highest BCUT2D eigenvalue weighted by atomic mass is 16.6. The third kappa shape index (κ3) is 5.08. The number of hydrogen-bond donors (Lipinski definition) is 0. The summed E-state index contributed by atoms with van der Waals surface area (Å²) in [7, 11) is 0. The average molecular weight is 418 g/mol. The first-order valence-electron chi connectivity index (χ1n) is 10.6. The molecular weight excluding hydrogens is 388 g/mol. The van der Waals surface area contributed by atoms with Crippen molar-refractivity contribution in [1.82, 2.24) is 14.7 Å². The van der Waals surface area contributed by atoms with Gasteiger partial charge in [-0.1, -0.05) is 0 Å². The average Bonchev–Trinajstić information content (AvgIpc) is 2.99. The van der Waals surface area contributed by atoms with Crippen LogP contribution in [0.4, 0.5) is 10.5 Å². The van der Waals surface area contributed by atoms with E-state index in [-0.39, 0.29) is 17.7 Å². The van der Waals surface area contributed by atoms with Gasteiger partial charge in [0.2, 0.25) is 0 Å². The summed E-state index contributed by atoms with van der Waals surface area (Å²) >= 11 is 0. The van der Waals surface area contributed by atoms with Crippen LogP contribution in [-0.4, -0.2) is 83.5 Å². The largest absolute Gasteiger partial charge is 0.450 e. The highest BCUT2D eigenvalue weighted by Crippen LogP contribution is 2.23. The molecule has 2 amide bonds. The fourth-order valence-corrected chi connectivity index (χ4v) is 4.31. The first kappa shape index (κ1) is 22.0. The van der Waals surface area contributed by atoms with E-state index in [0.29, 0.717) is 50.0 Å². The molecule has 1 aromatic rings. The van der Waals surface area contributed by atoms with Crippen molar-refractivity contribution >= 4 is 17.7 Å². The lowest BCUT2D eigenvalue weighted by Gasteiger charge is -2.38. The van der Waals surface area contributed by atoms with Crippen LogP contribution in [-0.2, 0) is 4.74 Å². The number of carbonyl (C=O) groups excluding carboxylic acids is 2. The van der Waals surface area contributed by atoms with Crippen LogP contribution in [0.2, 0.25) is 0 Å². The molecule has 164 valence electrons. The van der Waals surface area contributed by atoms with E-state index >= 15 is 0 Å². The highest BCUT2D eigenvalue weighted by molar-refractivity contribution is 5.94. The van der Waals surface area contributed by atoms with Gasteiger partial charge in [-0.2, -0.15) is 0 Å². The van der Waals surface area contributed by atoms with Crippen LogP contribution in [0.25, 0.3) is 0 Å². The van der Waals surface area contributed by atoms with Gasteiger partial charge in [-0.3, -0.25) is 19.8 Å². The highest BCUT2D eigenvalue weighted by Gasteiger charge is 2.30. The smallest absolute Gasteiger partial charge is 0.409 e. The van der Waals surface area contributed by atoms with Gasteiger partial charge in [0, 0.05) is 62.5 Å². The summed E-state index contributed by atoms with van der Waals surface area (Å²) in [5, 5.41) is 11.0. The van der Waals surface area contributed by atoms with Gasteiger partial charge >= 0.3 is 6.09 Å². The number of hydrogen-bond acceptors (Lipinski definition) is 6. The lowest BCUT2D eigenvalue weighted by atomic mass is 10.0. The minimum absolute atomic E-state index is 0.0308. The molecule has 2 fully saturated rings. The van der Waals surface area contributed by atoms with Crippen molar-refractivity contribution in [3.8, 4) is 0 Å². The molecule has 9 heteroatoms. The molecule has 30 heavy (non-hydrogen) atoms. The Balaban J connectivity index is 1.53. The number of aryl methyl sites for hydroxylation is 1. The van der Waals surface area contributed by atoms with Crippen LogP contribution < -0.4 is 0 Å². The maximum absolute atomic E-state index is 12.8. The summed E-state index contributed by atoms with van der Waals surface area (Å²) in [5.74, 6) is -0.0733. The summed E-state index contributed by atoms with van der Waals surface area (Å²) < 4.78 is 5.12. The minimum Gasteiger partial charge on any atom is -0.450 e. The Labute approximate surface area is 176 Å². The van der Waals surface area contributed by atoms with Gasteiger partial charge in [-0.15, -0.1) is 0 Å². The van der Waals surface area contributed by atoms with Gasteiger partial charge in [-0.25, -0.2) is 4.79 Å². The van der Waals surface area contributed by atoms with E-state index < -0.39 is 4.92 Å². The van der Waals surface area contributed by atoms with Crippen molar-refractivity contribution in [2.75, 3.05) is 45.9 Å². The molecule has 2 saturated heterocycles. The lowest BCUT2D eigenvalue weighted by molar-refractivity contribution is -0.385. The molecule has 2 aliphatic heterocycles. The molecule has 0 radical (unpaired) electrons. The van der Waals surface area contributed by atoms with Gasteiger partial charge < -0.3 is 14.5 Å². The third-order valence-corrected chi connectivity index (χ3v) is 5.97. The Morgan fingerprint density at radius 2 is 1.83 bits per heavy atom. The van der Waals surface area contributed by atoms with Crippen molar-refractivity contribution < 1.29 is 19.2 Å². The summed E-state index contributed by atoms with van der Waals surface area (Å²) in [5.41, 5.74) is 1.02. The zero-order valence-corrected chi connectivity index (χ0v) is 17.7. The van der Waals surface area contributed by atoms with Gasteiger partial charge in [-0.05, 0) is 45.2 Å². The standard InChI is InChI=1S/C21H30N4O5/c1-3-30-21(27)24-10-4-9-22(13-14-24)18-7-11-23(12-8-18)20(26)17-5-6-19(25(28)29)16(2)15-17/h5-6,15,18H,3-4,7-14H2,1-2H3. The molecule has 9 nitrogen and oxygen atoms in total. The van der Waals surface area contributed by atoms with Gasteiger partial charge in [0.25, 0.3) is 11.6 Å². The number of carbonyl (C=O) groups is 2. The number of nitro groups is 1. The monoisotopic (exact) mass is 418 g/mol. The Hall–Kier alpha value is -2.68. The predicted octanol–water partition coefficient (Wildman–Crippen LogP) is 2.67. The minimum atomic E-state index is -0.431. The van der Waals surface area contributed by atoms with Crippen molar-refractivity contribution in [1.29, 1.82) is 0 Å². The van der Waals surface area contributed by atoms with Crippen LogP contribution in [0.15, 0.2) is 18.2 Å². The van der Waals surface area contributed by atoms with Gasteiger partial charge in [0.05, 0.1) is 11.5 Å². The maximum Gasteiger partial charge on any atom is 0.409 e. The second kappa shape index (κ2) is 9.88. The molecule has 0 bridgehead atoms. The summed E-state index contributed by atoms with van der Waals surface area (Å²) in [6.45, 7) is 8.32. The fourth-order valence-electron chi connectivity index (χ4n) is 4.31. The van der Waals surface area contributed by atoms with E-state index in [2.05, 4.69) is 4.90 Å². The van der Waals surface area contributed by atoms with Gasteiger partial charge in [0.15, 0.2) is 0 Å². The molecule has 0 aromatic heterocycles. The number of benzene rings is 1. The number of nitrogens with zero attached hydrogens (tertiary/aromatic N) is 4. The molecule has 1 aromatic carbocycles. The number of piperidine rings is 1. The third-order valence-electron chi connectivity index (χ3n) is 5.97. The van der Waals surface area contributed by atoms with Crippen LogP contribution in [0.3, 0.4) is 0 Å². The van der Waals surface area contributed by atoms with E-state index in [0.717, 1.165) is 32.4 Å². The molecule has 0 spiro atoms. The van der Waals surface area contributed by atoms with Gasteiger partial charge in [0.1, 0.15) is 0 Å². The Morgan fingerprint density at radius 3 is 2.47 bits per heavy atom.